The van der Waals surface area contributed by atoms with Crippen molar-refractivity contribution in [3.05, 3.63) is 54.1 Å². The van der Waals surface area contributed by atoms with Crippen LogP contribution in [0, 0.1) is 11.8 Å². The number of rotatable bonds is 4. The van der Waals surface area contributed by atoms with Crippen molar-refractivity contribution in [2.24, 2.45) is 11.8 Å². The number of carbonyl (C=O) groups is 2. The molecule has 2 unspecified atom stereocenters. The molecule has 19 heavy (non-hydrogen) atoms. The van der Waals surface area contributed by atoms with E-state index in [0.717, 1.165) is 11.1 Å². The van der Waals surface area contributed by atoms with E-state index in [1.54, 1.807) is 13.0 Å². The lowest BCUT2D eigenvalue weighted by Crippen LogP contribution is -2.30. The van der Waals surface area contributed by atoms with Crippen LogP contribution in [-0.2, 0) is 9.59 Å². The van der Waals surface area contributed by atoms with Gasteiger partial charge in [-0.3, -0.25) is 9.59 Å². The molecule has 2 atom stereocenters. The van der Waals surface area contributed by atoms with Crippen LogP contribution in [0.25, 0.3) is 5.57 Å². The number of benzene rings is 1. The third-order valence-electron chi connectivity index (χ3n) is 3.44. The topological polar surface area (TPSA) is 54.4 Å². The molecule has 3 heteroatoms. The van der Waals surface area contributed by atoms with Crippen molar-refractivity contribution in [3.63, 3.8) is 0 Å². The molecular weight excluding hydrogens is 240 g/mol. The van der Waals surface area contributed by atoms with E-state index in [1.807, 2.05) is 36.4 Å². The minimum absolute atomic E-state index is 0.129. The second kappa shape index (κ2) is 5.65. The van der Waals surface area contributed by atoms with Gasteiger partial charge in [0.2, 0.25) is 0 Å². The van der Waals surface area contributed by atoms with Crippen molar-refractivity contribution >= 4 is 17.3 Å². The molecule has 1 aliphatic carbocycles. The van der Waals surface area contributed by atoms with Gasteiger partial charge in [0.15, 0.2) is 5.78 Å². The number of allylic oxidation sites excluding steroid dienone is 4. The Morgan fingerprint density at radius 3 is 2.58 bits per heavy atom. The van der Waals surface area contributed by atoms with Crippen LogP contribution in [0.4, 0.5) is 0 Å². The Labute approximate surface area is 112 Å². The number of carbonyl (C=O) groups excluding carboxylic acids is 1. The molecule has 2 rings (SSSR count). The molecule has 0 bridgehead atoms. The van der Waals surface area contributed by atoms with Gasteiger partial charge in [-0.2, -0.15) is 0 Å². The highest BCUT2D eigenvalue weighted by Crippen LogP contribution is 2.34. The third-order valence-corrected chi connectivity index (χ3v) is 3.44. The van der Waals surface area contributed by atoms with Crippen molar-refractivity contribution in [3.8, 4) is 0 Å². The predicted octanol–water partition coefficient (Wildman–Crippen LogP) is 2.94. The molecule has 98 valence electrons. The second-order valence-electron chi connectivity index (χ2n) is 4.58. The highest BCUT2D eigenvalue weighted by atomic mass is 16.4. The van der Waals surface area contributed by atoms with E-state index in [-0.39, 0.29) is 5.78 Å². The Kier molecular flexibility index (Phi) is 3.95. The maximum absolute atomic E-state index is 12.1. The molecule has 0 saturated heterocycles. The standard InChI is InChI=1S/C16H16O3/c1-2-12(16(18)19)15-13(9-6-10-14(15)17)11-7-4-3-5-8-11/h3-10,12,15H,2H2,1H3,(H,18,19). The van der Waals surface area contributed by atoms with E-state index < -0.39 is 17.8 Å². The van der Waals surface area contributed by atoms with Gasteiger partial charge < -0.3 is 5.11 Å². The first-order valence-electron chi connectivity index (χ1n) is 6.35. The van der Waals surface area contributed by atoms with Crippen LogP contribution in [-0.4, -0.2) is 16.9 Å². The predicted molar refractivity (Wildman–Crippen MR) is 73.5 cm³/mol. The number of ketones is 1. The Balaban J connectivity index is 2.44. The zero-order valence-electron chi connectivity index (χ0n) is 10.7. The molecule has 0 aliphatic heterocycles. The van der Waals surface area contributed by atoms with Crippen molar-refractivity contribution in [1.29, 1.82) is 0 Å². The molecule has 0 saturated carbocycles. The van der Waals surface area contributed by atoms with Gasteiger partial charge in [-0.1, -0.05) is 49.4 Å². The smallest absolute Gasteiger partial charge is 0.307 e. The summed E-state index contributed by atoms with van der Waals surface area (Å²) in [6.45, 7) is 1.80. The van der Waals surface area contributed by atoms with E-state index in [2.05, 4.69) is 0 Å². The highest BCUT2D eigenvalue weighted by molar-refractivity contribution is 6.05. The van der Waals surface area contributed by atoms with Crippen LogP contribution in [0.3, 0.4) is 0 Å². The summed E-state index contributed by atoms with van der Waals surface area (Å²) >= 11 is 0. The normalized spacial score (nSPS) is 19.9. The number of carboxylic acid groups (broad SMARTS) is 1. The largest absolute Gasteiger partial charge is 0.481 e. The summed E-state index contributed by atoms with van der Waals surface area (Å²) < 4.78 is 0. The minimum atomic E-state index is -0.919. The molecule has 1 aromatic rings. The zero-order chi connectivity index (χ0) is 13.8. The van der Waals surface area contributed by atoms with Crippen LogP contribution < -0.4 is 0 Å². The number of hydrogen-bond donors (Lipinski definition) is 1. The van der Waals surface area contributed by atoms with Gasteiger partial charge in [-0.25, -0.2) is 0 Å². The average molecular weight is 256 g/mol. The van der Waals surface area contributed by atoms with Crippen LogP contribution >= 0.6 is 0 Å². The first-order chi connectivity index (χ1) is 9.15. The van der Waals surface area contributed by atoms with E-state index >= 15 is 0 Å². The van der Waals surface area contributed by atoms with E-state index in [1.165, 1.54) is 6.08 Å². The summed E-state index contributed by atoms with van der Waals surface area (Å²) in [7, 11) is 0. The van der Waals surface area contributed by atoms with E-state index in [9.17, 15) is 14.7 Å². The molecule has 0 radical (unpaired) electrons. The first kappa shape index (κ1) is 13.3. The summed E-state index contributed by atoms with van der Waals surface area (Å²) in [4.78, 5) is 23.4. The lowest BCUT2D eigenvalue weighted by molar-refractivity contribution is -0.145. The lowest BCUT2D eigenvalue weighted by atomic mass is 9.76. The molecule has 0 heterocycles. The highest BCUT2D eigenvalue weighted by Gasteiger charge is 2.35. The Bertz CT molecular complexity index is 540. The van der Waals surface area contributed by atoms with Gasteiger partial charge in [0.25, 0.3) is 0 Å². The number of aliphatic carboxylic acids is 1. The van der Waals surface area contributed by atoms with Gasteiger partial charge in [-0.15, -0.1) is 0 Å². The Morgan fingerprint density at radius 1 is 1.32 bits per heavy atom. The zero-order valence-corrected chi connectivity index (χ0v) is 10.7. The summed E-state index contributed by atoms with van der Waals surface area (Å²) in [6, 6.07) is 9.48. The molecule has 1 N–H and O–H groups in total. The SMILES string of the molecule is CCC(C(=O)O)C1C(=O)C=CC=C1c1ccccc1. The van der Waals surface area contributed by atoms with Crippen LogP contribution in [0.1, 0.15) is 18.9 Å². The molecule has 3 nitrogen and oxygen atoms in total. The molecule has 0 fully saturated rings. The van der Waals surface area contributed by atoms with Gasteiger partial charge in [0.05, 0.1) is 11.8 Å². The maximum Gasteiger partial charge on any atom is 0.307 e. The summed E-state index contributed by atoms with van der Waals surface area (Å²) in [5.74, 6) is -2.31. The first-order valence-corrected chi connectivity index (χ1v) is 6.35. The lowest BCUT2D eigenvalue weighted by Gasteiger charge is -2.25. The molecule has 0 amide bonds. The van der Waals surface area contributed by atoms with E-state index in [0.29, 0.717) is 6.42 Å². The van der Waals surface area contributed by atoms with Crippen molar-refractivity contribution in [2.75, 3.05) is 0 Å². The summed E-state index contributed by atoms with van der Waals surface area (Å²) in [6.07, 6.45) is 5.43. The third kappa shape index (κ3) is 2.65. The Morgan fingerprint density at radius 2 is 2.00 bits per heavy atom. The average Bonchev–Trinajstić information content (AvgIpc) is 2.42. The maximum atomic E-state index is 12.1. The number of hydrogen-bond acceptors (Lipinski definition) is 2. The van der Waals surface area contributed by atoms with Crippen LogP contribution in [0.5, 0.6) is 0 Å². The van der Waals surface area contributed by atoms with Crippen LogP contribution in [0.15, 0.2) is 48.6 Å². The molecule has 1 aromatic carbocycles. The van der Waals surface area contributed by atoms with Crippen LogP contribution in [0.2, 0.25) is 0 Å². The van der Waals surface area contributed by atoms with E-state index in [4.69, 9.17) is 0 Å². The second-order valence-corrected chi connectivity index (χ2v) is 4.58. The van der Waals surface area contributed by atoms with Crippen molar-refractivity contribution in [2.45, 2.75) is 13.3 Å². The fraction of sp³-hybridized carbons (Fsp3) is 0.250. The Hall–Kier alpha value is -2.16. The molecule has 1 aliphatic rings. The van der Waals surface area contributed by atoms with Crippen molar-refractivity contribution < 1.29 is 14.7 Å². The van der Waals surface area contributed by atoms with Crippen molar-refractivity contribution in [1.82, 2.24) is 0 Å². The molecule has 0 aromatic heterocycles. The molecule has 0 spiro atoms. The minimum Gasteiger partial charge on any atom is -0.481 e. The fourth-order valence-electron chi connectivity index (χ4n) is 2.48. The number of carboxylic acids is 1. The summed E-state index contributed by atoms with van der Waals surface area (Å²) in [5.41, 5.74) is 1.70. The fourth-order valence-corrected chi connectivity index (χ4v) is 2.48. The molecular formula is C16H16O3. The monoisotopic (exact) mass is 256 g/mol. The quantitative estimate of drug-likeness (QED) is 0.901. The summed E-state index contributed by atoms with van der Waals surface area (Å²) in [5, 5.41) is 9.30. The van der Waals surface area contributed by atoms with Gasteiger partial charge in [0.1, 0.15) is 0 Å². The van der Waals surface area contributed by atoms with Gasteiger partial charge in [-0.05, 0) is 23.6 Å². The van der Waals surface area contributed by atoms with Gasteiger partial charge in [0, 0.05) is 0 Å². The van der Waals surface area contributed by atoms with Gasteiger partial charge >= 0.3 is 5.97 Å².